The average molecular weight is 455 g/mol. The van der Waals surface area contributed by atoms with Crippen LogP contribution in [0.4, 0.5) is 10.1 Å². The van der Waals surface area contributed by atoms with Gasteiger partial charge in [-0.25, -0.2) is 4.39 Å². The van der Waals surface area contributed by atoms with E-state index in [-0.39, 0.29) is 42.1 Å². The molecule has 2 heterocycles. The third kappa shape index (κ3) is 3.63. The monoisotopic (exact) mass is 455 g/mol. The molecule has 1 aliphatic heterocycles. The SMILES string of the molecule is O=C(NC1CC(=O)N(c2ccc3c(-c4ccc(F)cc4)noc3c2)[C@@H]1c1ccccc1)C1CC1. The molecule has 2 amide bonds. The largest absolute Gasteiger partial charge is 0.356 e. The second-order valence-corrected chi connectivity index (χ2v) is 8.93. The fraction of sp³-hybridized carbons (Fsp3) is 0.222. The number of nitrogens with one attached hydrogen (secondary N) is 1. The number of carbonyl (C=O) groups excluding carboxylic acids is 2. The highest BCUT2D eigenvalue weighted by molar-refractivity contribution is 6.01. The smallest absolute Gasteiger partial charge is 0.229 e. The Morgan fingerprint density at radius 2 is 1.79 bits per heavy atom. The standard InChI is InChI=1S/C27H22FN3O3/c28-19-10-8-16(9-11-19)25-21-13-12-20(14-23(21)34-30-25)31-24(32)15-22(29-27(33)18-6-7-18)26(31)17-4-2-1-3-5-17/h1-5,8-14,18,22,26H,6-7,15H2,(H,29,33)/t22?,26-/m1/s1. The van der Waals surface area contributed by atoms with Crippen molar-refractivity contribution < 1.29 is 18.5 Å². The van der Waals surface area contributed by atoms with Crippen molar-refractivity contribution in [2.24, 2.45) is 5.92 Å². The highest BCUT2D eigenvalue weighted by atomic mass is 19.1. The summed E-state index contributed by atoms with van der Waals surface area (Å²) in [7, 11) is 0. The first-order valence-electron chi connectivity index (χ1n) is 11.4. The fourth-order valence-corrected chi connectivity index (χ4v) is 4.74. The third-order valence-electron chi connectivity index (χ3n) is 6.59. The summed E-state index contributed by atoms with van der Waals surface area (Å²) < 4.78 is 18.9. The Hall–Kier alpha value is -4.00. The summed E-state index contributed by atoms with van der Waals surface area (Å²) in [5, 5.41) is 8.08. The minimum atomic E-state index is -0.326. The van der Waals surface area contributed by atoms with Crippen molar-refractivity contribution in [3.63, 3.8) is 0 Å². The van der Waals surface area contributed by atoms with Crippen LogP contribution >= 0.6 is 0 Å². The average Bonchev–Trinajstić information content (AvgIpc) is 3.55. The number of anilines is 1. The number of carbonyl (C=O) groups is 2. The van der Waals surface area contributed by atoms with Gasteiger partial charge in [-0.3, -0.25) is 9.59 Å². The van der Waals surface area contributed by atoms with Gasteiger partial charge in [0.05, 0.1) is 12.1 Å². The van der Waals surface area contributed by atoms with Crippen molar-refractivity contribution in [1.29, 1.82) is 0 Å². The first-order chi connectivity index (χ1) is 16.6. The quantitative estimate of drug-likeness (QED) is 0.459. The van der Waals surface area contributed by atoms with Gasteiger partial charge in [0.2, 0.25) is 11.8 Å². The van der Waals surface area contributed by atoms with Gasteiger partial charge in [0.25, 0.3) is 0 Å². The first kappa shape index (κ1) is 20.6. The van der Waals surface area contributed by atoms with Gasteiger partial charge in [-0.15, -0.1) is 0 Å². The molecule has 2 atom stereocenters. The lowest BCUT2D eigenvalue weighted by Gasteiger charge is -2.29. The number of halogens is 1. The maximum Gasteiger partial charge on any atom is 0.229 e. The summed E-state index contributed by atoms with van der Waals surface area (Å²) in [6, 6.07) is 20.7. The summed E-state index contributed by atoms with van der Waals surface area (Å²) in [5.41, 5.74) is 3.52. The van der Waals surface area contributed by atoms with Gasteiger partial charge in [-0.2, -0.15) is 0 Å². The van der Waals surface area contributed by atoms with Crippen LogP contribution in [0.1, 0.15) is 30.9 Å². The molecular weight excluding hydrogens is 433 g/mol. The summed E-state index contributed by atoms with van der Waals surface area (Å²) in [5.74, 6) is -0.291. The van der Waals surface area contributed by atoms with Crippen molar-refractivity contribution in [2.45, 2.75) is 31.3 Å². The Labute approximate surface area is 195 Å². The van der Waals surface area contributed by atoms with Crippen molar-refractivity contribution in [3.8, 4) is 11.3 Å². The zero-order valence-electron chi connectivity index (χ0n) is 18.3. The van der Waals surface area contributed by atoms with Gasteiger partial charge < -0.3 is 14.7 Å². The van der Waals surface area contributed by atoms with Crippen molar-refractivity contribution in [1.82, 2.24) is 10.5 Å². The van der Waals surface area contributed by atoms with Crippen LogP contribution in [0.15, 0.2) is 77.3 Å². The van der Waals surface area contributed by atoms with Crippen LogP contribution in [0, 0.1) is 11.7 Å². The summed E-state index contributed by atoms with van der Waals surface area (Å²) in [6.07, 6.45) is 2.04. The highest BCUT2D eigenvalue weighted by Gasteiger charge is 2.44. The predicted octanol–water partition coefficient (Wildman–Crippen LogP) is 5.01. The third-order valence-corrected chi connectivity index (χ3v) is 6.59. The van der Waals surface area contributed by atoms with Crippen LogP contribution in [0.25, 0.3) is 22.2 Å². The number of hydrogen-bond donors (Lipinski definition) is 1. The molecule has 2 aliphatic rings. The highest BCUT2D eigenvalue weighted by Crippen LogP contribution is 2.40. The molecule has 1 saturated carbocycles. The molecule has 4 aromatic rings. The fourth-order valence-electron chi connectivity index (χ4n) is 4.74. The van der Waals surface area contributed by atoms with Crippen molar-refractivity contribution >= 4 is 28.5 Å². The van der Waals surface area contributed by atoms with E-state index in [2.05, 4.69) is 10.5 Å². The van der Waals surface area contributed by atoms with Crippen molar-refractivity contribution in [3.05, 3.63) is 84.2 Å². The van der Waals surface area contributed by atoms with Gasteiger partial charge in [-0.1, -0.05) is 35.5 Å². The molecule has 34 heavy (non-hydrogen) atoms. The number of hydrogen-bond acceptors (Lipinski definition) is 4. The Morgan fingerprint density at radius 3 is 2.53 bits per heavy atom. The molecule has 1 aliphatic carbocycles. The lowest BCUT2D eigenvalue weighted by molar-refractivity contribution is -0.123. The number of rotatable bonds is 5. The Kier molecular flexibility index (Phi) is 4.90. The molecule has 1 saturated heterocycles. The molecule has 1 unspecified atom stereocenters. The number of fused-ring (bicyclic) bond motifs is 1. The maximum absolute atomic E-state index is 13.3. The van der Waals surface area contributed by atoms with E-state index < -0.39 is 0 Å². The molecule has 1 N–H and O–H groups in total. The topological polar surface area (TPSA) is 75.4 Å². The van der Waals surface area contributed by atoms with Crippen LogP contribution in [-0.4, -0.2) is 23.0 Å². The van der Waals surface area contributed by atoms with Gasteiger partial charge in [0, 0.05) is 35.0 Å². The lowest BCUT2D eigenvalue weighted by Crippen LogP contribution is -2.40. The first-order valence-corrected chi connectivity index (χ1v) is 11.4. The van der Waals surface area contributed by atoms with Crippen LogP contribution in [-0.2, 0) is 9.59 Å². The molecule has 1 aromatic heterocycles. The maximum atomic E-state index is 13.3. The Balaban J connectivity index is 1.37. The van der Waals surface area contributed by atoms with Crippen LogP contribution in [0.3, 0.4) is 0 Å². The lowest BCUT2D eigenvalue weighted by atomic mass is 9.99. The minimum Gasteiger partial charge on any atom is -0.356 e. The predicted molar refractivity (Wildman–Crippen MR) is 125 cm³/mol. The van der Waals surface area contributed by atoms with E-state index in [9.17, 15) is 14.0 Å². The molecule has 0 bridgehead atoms. The zero-order chi connectivity index (χ0) is 23.2. The Bertz CT molecular complexity index is 1380. The molecule has 3 aromatic carbocycles. The molecule has 7 heteroatoms. The summed E-state index contributed by atoms with van der Waals surface area (Å²) >= 11 is 0. The van der Waals surface area contributed by atoms with Crippen LogP contribution in [0.2, 0.25) is 0 Å². The number of aromatic nitrogens is 1. The number of nitrogens with zero attached hydrogens (tertiary/aromatic N) is 2. The van der Waals surface area contributed by atoms with Gasteiger partial charge in [0.15, 0.2) is 5.58 Å². The van der Waals surface area contributed by atoms with Crippen LogP contribution in [0.5, 0.6) is 0 Å². The van der Waals surface area contributed by atoms with Crippen molar-refractivity contribution in [2.75, 3.05) is 4.90 Å². The number of benzene rings is 3. The molecule has 6 nitrogen and oxygen atoms in total. The normalized spacial score (nSPS) is 20.1. The number of amides is 2. The van der Waals surface area contributed by atoms with Gasteiger partial charge >= 0.3 is 0 Å². The summed E-state index contributed by atoms with van der Waals surface area (Å²) in [4.78, 5) is 27.5. The second-order valence-electron chi connectivity index (χ2n) is 8.93. The van der Waals surface area contributed by atoms with E-state index in [1.54, 1.807) is 23.1 Å². The summed E-state index contributed by atoms with van der Waals surface area (Å²) in [6.45, 7) is 0. The minimum absolute atomic E-state index is 0.0233. The molecule has 0 spiro atoms. The molecular formula is C27H22FN3O3. The zero-order valence-corrected chi connectivity index (χ0v) is 18.3. The van der Waals surface area contributed by atoms with Crippen LogP contribution < -0.4 is 10.2 Å². The molecule has 170 valence electrons. The molecule has 2 fully saturated rings. The molecule has 6 rings (SSSR count). The van der Waals surface area contributed by atoms with E-state index in [0.717, 1.165) is 29.4 Å². The van der Waals surface area contributed by atoms with E-state index in [0.29, 0.717) is 17.0 Å². The van der Waals surface area contributed by atoms with E-state index in [1.807, 2.05) is 42.5 Å². The second kappa shape index (κ2) is 8.09. The molecule has 0 radical (unpaired) electrons. The Morgan fingerprint density at radius 1 is 1.03 bits per heavy atom. The van der Waals surface area contributed by atoms with E-state index in [1.165, 1.54) is 12.1 Å². The van der Waals surface area contributed by atoms with E-state index in [4.69, 9.17) is 4.52 Å². The van der Waals surface area contributed by atoms with Gasteiger partial charge in [-0.05, 0) is 54.8 Å². The van der Waals surface area contributed by atoms with E-state index >= 15 is 0 Å². The van der Waals surface area contributed by atoms with Gasteiger partial charge in [0.1, 0.15) is 11.5 Å².